The zero-order chi connectivity index (χ0) is 11.3. The molecule has 0 saturated carbocycles. The normalized spacial score (nSPS) is 12.7. The average Bonchev–Trinajstić information content (AvgIpc) is 2.58. The minimum absolute atomic E-state index is 0.430. The highest BCUT2D eigenvalue weighted by Gasteiger charge is 2.16. The number of aliphatic carboxylic acids is 1. The van der Waals surface area contributed by atoms with Gasteiger partial charge in [0.1, 0.15) is 11.8 Å². The summed E-state index contributed by atoms with van der Waals surface area (Å²) in [5, 5.41) is 11.8. The zero-order valence-corrected chi connectivity index (χ0v) is 8.99. The summed E-state index contributed by atoms with van der Waals surface area (Å²) < 4.78 is 5.02. The maximum absolute atomic E-state index is 10.8. The molecule has 0 spiro atoms. The van der Waals surface area contributed by atoms with Crippen molar-refractivity contribution in [3.05, 3.63) is 17.8 Å². The number of aryl methyl sites for hydroxylation is 1. The summed E-state index contributed by atoms with van der Waals surface area (Å²) in [6.45, 7) is 4.19. The van der Waals surface area contributed by atoms with Crippen LogP contribution in [0.25, 0.3) is 0 Å². The van der Waals surface area contributed by atoms with Gasteiger partial charge in [0.05, 0.1) is 5.69 Å². The maximum Gasteiger partial charge on any atom is 0.320 e. The van der Waals surface area contributed by atoms with Crippen molar-refractivity contribution in [2.24, 2.45) is 0 Å². The molecular formula is C10H16N2O3. The smallest absolute Gasteiger partial charge is 0.320 e. The Morgan fingerprint density at radius 2 is 2.47 bits per heavy atom. The number of carboxylic acid groups (broad SMARTS) is 1. The number of carbonyl (C=O) groups is 1. The van der Waals surface area contributed by atoms with Gasteiger partial charge in [0.15, 0.2) is 6.39 Å². The maximum atomic E-state index is 10.8. The first-order valence-electron chi connectivity index (χ1n) is 5.00. The van der Waals surface area contributed by atoms with Gasteiger partial charge >= 0.3 is 5.97 Å². The fourth-order valence-corrected chi connectivity index (χ4v) is 1.32. The minimum Gasteiger partial charge on any atom is -0.480 e. The molecule has 5 nitrogen and oxygen atoms in total. The molecule has 0 aromatic carbocycles. The van der Waals surface area contributed by atoms with E-state index in [4.69, 9.17) is 9.52 Å². The Hall–Kier alpha value is -1.36. The second-order valence-electron chi connectivity index (χ2n) is 3.42. The molecule has 1 unspecified atom stereocenters. The van der Waals surface area contributed by atoms with Crippen LogP contribution in [0.1, 0.15) is 31.2 Å². The molecule has 0 radical (unpaired) electrons. The highest BCUT2D eigenvalue weighted by molar-refractivity contribution is 5.73. The summed E-state index contributed by atoms with van der Waals surface area (Å²) in [5.74, 6) is -0.0962. The van der Waals surface area contributed by atoms with Crippen molar-refractivity contribution in [2.75, 3.05) is 0 Å². The second-order valence-corrected chi connectivity index (χ2v) is 3.42. The van der Waals surface area contributed by atoms with Crippen molar-refractivity contribution in [1.29, 1.82) is 0 Å². The fourth-order valence-electron chi connectivity index (χ4n) is 1.32. The van der Waals surface area contributed by atoms with E-state index in [1.54, 1.807) is 6.92 Å². The molecule has 0 amide bonds. The molecule has 0 bridgehead atoms. The van der Waals surface area contributed by atoms with Crippen molar-refractivity contribution in [1.82, 2.24) is 10.3 Å². The van der Waals surface area contributed by atoms with Crippen LogP contribution in [0.2, 0.25) is 0 Å². The van der Waals surface area contributed by atoms with E-state index < -0.39 is 12.0 Å². The number of rotatable bonds is 6. The fraction of sp³-hybridized carbons (Fsp3) is 0.600. The van der Waals surface area contributed by atoms with Crippen LogP contribution in [0.15, 0.2) is 10.8 Å². The van der Waals surface area contributed by atoms with E-state index in [0.717, 1.165) is 17.9 Å². The summed E-state index contributed by atoms with van der Waals surface area (Å²) in [6, 6.07) is -0.508. The van der Waals surface area contributed by atoms with E-state index in [0.29, 0.717) is 13.0 Å². The molecule has 1 rings (SSSR count). The lowest BCUT2D eigenvalue weighted by Gasteiger charge is -2.12. The molecule has 0 aliphatic rings. The van der Waals surface area contributed by atoms with E-state index in [2.05, 4.69) is 10.3 Å². The Kier molecular flexibility index (Phi) is 4.30. The molecule has 0 fully saturated rings. The van der Waals surface area contributed by atoms with Crippen LogP contribution in [0.5, 0.6) is 0 Å². The van der Waals surface area contributed by atoms with Gasteiger partial charge in [-0.05, 0) is 13.3 Å². The van der Waals surface area contributed by atoms with Gasteiger partial charge < -0.3 is 9.52 Å². The van der Waals surface area contributed by atoms with Crippen molar-refractivity contribution in [3.63, 3.8) is 0 Å². The lowest BCUT2D eigenvalue weighted by atomic mass is 10.1. The van der Waals surface area contributed by atoms with Crippen LogP contribution in [-0.4, -0.2) is 22.1 Å². The second kappa shape index (κ2) is 5.50. The molecule has 84 valence electrons. The third kappa shape index (κ3) is 3.36. The number of nitrogens with one attached hydrogen (secondary N) is 1. The SMILES string of the molecule is CCCC(NCc1ncoc1C)C(=O)O. The van der Waals surface area contributed by atoms with Crippen LogP contribution in [0, 0.1) is 6.92 Å². The molecular weight excluding hydrogens is 196 g/mol. The minimum atomic E-state index is -0.821. The van der Waals surface area contributed by atoms with Crippen LogP contribution >= 0.6 is 0 Å². The largest absolute Gasteiger partial charge is 0.480 e. The Bertz CT molecular complexity index is 322. The van der Waals surface area contributed by atoms with Crippen LogP contribution in [-0.2, 0) is 11.3 Å². The summed E-state index contributed by atoms with van der Waals surface area (Å²) in [4.78, 5) is 14.8. The highest BCUT2D eigenvalue weighted by Crippen LogP contribution is 2.05. The Morgan fingerprint density at radius 3 is 2.93 bits per heavy atom. The number of nitrogens with zero attached hydrogens (tertiary/aromatic N) is 1. The molecule has 0 aliphatic carbocycles. The number of aromatic nitrogens is 1. The van der Waals surface area contributed by atoms with Gasteiger partial charge in [0.2, 0.25) is 0 Å². The van der Waals surface area contributed by atoms with Crippen LogP contribution in [0.3, 0.4) is 0 Å². The number of carboxylic acids is 1. The van der Waals surface area contributed by atoms with Crippen molar-refractivity contribution in [3.8, 4) is 0 Å². The van der Waals surface area contributed by atoms with Crippen molar-refractivity contribution in [2.45, 2.75) is 39.3 Å². The van der Waals surface area contributed by atoms with Gasteiger partial charge in [-0.15, -0.1) is 0 Å². The molecule has 1 aromatic rings. The standard InChI is InChI=1S/C10H16N2O3/c1-3-4-8(10(13)14)11-5-9-7(2)15-6-12-9/h6,8,11H,3-5H2,1-2H3,(H,13,14). The van der Waals surface area contributed by atoms with Crippen molar-refractivity contribution < 1.29 is 14.3 Å². The van der Waals surface area contributed by atoms with E-state index in [1.807, 2.05) is 6.92 Å². The first kappa shape index (κ1) is 11.7. The van der Waals surface area contributed by atoms with Gasteiger partial charge in [-0.25, -0.2) is 4.98 Å². The topological polar surface area (TPSA) is 75.4 Å². The first-order chi connectivity index (χ1) is 7.15. The zero-order valence-electron chi connectivity index (χ0n) is 8.99. The predicted molar refractivity (Wildman–Crippen MR) is 54.4 cm³/mol. The Morgan fingerprint density at radius 1 is 1.73 bits per heavy atom. The summed E-state index contributed by atoms with van der Waals surface area (Å²) in [6.07, 6.45) is 2.82. The lowest BCUT2D eigenvalue weighted by Crippen LogP contribution is -2.36. The quantitative estimate of drug-likeness (QED) is 0.744. The van der Waals surface area contributed by atoms with E-state index >= 15 is 0 Å². The predicted octanol–water partition coefficient (Wildman–Crippen LogP) is 1.33. The monoisotopic (exact) mass is 212 g/mol. The Balaban J connectivity index is 2.47. The van der Waals surface area contributed by atoms with Gasteiger partial charge in [-0.2, -0.15) is 0 Å². The van der Waals surface area contributed by atoms with Gasteiger partial charge in [-0.1, -0.05) is 13.3 Å². The van der Waals surface area contributed by atoms with E-state index in [1.165, 1.54) is 6.39 Å². The number of oxazole rings is 1. The van der Waals surface area contributed by atoms with Gasteiger partial charge in [0, 0.05) is 6.54 Å². The van der Waals surface area contributed by atoms with E-state index in [9.17, 15) is 4.79 Å². The third-order valence-electron chi connectivity index (χ3n) is 2.24. The van der Waals surface area contributed by atoms with Crippen LogP contribution in [0.4, 0.5) is 0 Å². The molecule has 0 aliphatic heterocycles. The molecule has 1 atom stereocenters. The van der Waals surface area contributed by atoms with Crippen LogP contribution < -0.4 is 5.32 Å². The number of hydrogen-bond acceptors (Lipinski definition) is 4. The van der Waals surface area contributed by atoms with E-state index in [-0.39, 0.29) is 0 Å². The van der Waals surface area contributed by atoms with Crippen molar-refractivity contribution >= 4 is 5.97 Å². The molecule has 2 N–H and O–H groups in total. The summed E-state index contributed by atoms with van der Waals surface area (Å²) in [5.41, 5.74) is 0.761. The summed E-state index contributed by atoms with van der Waals surface area (Å²) in [7, 11) is 0. The average molecular weight is 212 g/mol. The number of hydrogen-bond donors (Lipinski definition) is 2. The molecule has 5 heteroatoms. The molecule has 15 heavy (non-hydrogen) atoms. The summed E-state index contributed by atoms with van der Waals surface area (Å²) >= 11 is 0. The molecule has 1 heterocycles. The van der Waals surface area contributed by atoms with Gasteiger partial charge in [-0.3, -0.25) is 10.1 Å². The lowest BCUT2D eigenvalue weighted by molar-refractivity contribution is -0.139. The third-order valence-corrected chi connectivity index (χ3v) is 2.24. The molecule has 0 saturated heterocycles. The first-order valence-corrected chi connectivity index (χ1v) is 5.00. The molecule has 1 aromatic heterocycles. The highest BCUT2D eigenvalue weighted by atomic mass is 16.4. The van der Waals surface area contributed by atoms with Gasteiger partial charge in [0.25, 0.3) is 0 Å². The Labute approximate surface area is 88.5 Å².